The maximum Gasteiger partial charge on any atom is 0.237 e. The van der Waals surface area contributed by atoms with E-state index >= 15 is 0 Å². The van der Waals surface area contributed by atoms with Gasteiger partial charge in [0.05, 0.1) is 12.1 Å². The molecule has 0 aliphatic heterocycles. The van der Waals surface area contributed by atoms with Crippen LogP contribution >= 0.6 is 0 Å². The van der Waals surface area contributed by atoms with Gasteiger partial charge in [-0.1, -0.05) is 58.0 Å². The van der Waals surface area contributed by atoms with E-state index in [1.165, 1.54) is 0 Å². The number of carbonyl (C=O) groups excluding carboxylic acids is 1. The van der Waals surface area contributed by atoms with Crippen LogP contribution in [0.25, 0.3) is 0 Å². The summed E-state index contributed by atoms with van der Waals surface area (Å²) in [6.07, 6.45) is 0.917. The van der Waals surface area contributed by atoms with Crippen LogP contribution in [0.2, 0.25) is 0 Å². The van der Waals surface area contributed by atoms with Crippen molar-refractivity contribution in [3.05, 3.63) is 35.9 Å². The van der Waals surface area contributed by atoms with E-state index in [4.69, 9.17) is 5.73 Å². The molecule has 1 rings (SSSR count). The average molecular weight is 262 g/mol. The van der Waals surface area contributed by atoms with Crippen molar-refractivity contribution in [1.82, 2.24) is 5.32 Å². The molecule has 19 heavy (non-hydrogen) atoms. The van der Waals surface area contributed by atoms with E-state index in [1.54, 1.807) is 0 Å². The predicted molar refractivity (Wildman–Crippen MR) is 79.6 cm³/mol. The van der Waals surface area contributed by atoms with Gasteiger partial charge in [-0.2, -0.15) is 0 Å². The molecule has 0 bridgehead atoms. The van der Waals surface area contributed by atoms with E-state index < -0.39 is 6.04 Å². The lowest BCUT2D eigenvalue weighted by Gasteiger charge is -2.24. The highest BCUT2D eigenvalue weighted by atomic mass is 16.2. The van der Waals surface area contributed by atoms with Gasteiger partial charge >= 0.3 is 0 Å². The second kappa shape index (κ2) is 7.29. The molecule has 1 unspecified atom stereocenters. The third-order valence-electron chi connectivity index (χ3n) is 3.25. The van der Waals surface area contributed by atoms with E-state index in [9.17, 15) is 4.79 Å². The van der Waals surface area contributed by atoms with Crippen LogP contribution in [0, 0.1) is 11.8 Å². The molecule has 0 spiro atoms. The number of rotatable bonds is 6. The zero-order chi connectivity index (χ0) is 14.4. The first-order valence-corrected chi connectivity index (χ1v) is 7.02. The van der Waals surface area contributed by atoms with Crippen molar-refractivity contribution >= 4 is 5.91 Å². The van der Waals surface area contributed by atoms with Gasteiger partial charge in [0.2, 0.25) is 5.91 Å². The number of nitrogens with two attached hydrogens (primary N) is 1. The van der Waals surface area contributed by atoms with Crippen molar-refractivity contribution in [2.45, 2.75) is 46.2 Å². The summed E-state index contributed by atoms with van der Waals surface area (Å²) < 4.78 is 0. The van der Waals surface area contributed by atoms with Gasteiger partial charge in [0, 0.05) is 0 Å². The molecular formula is C16H26N2O. The summed E-state index contributed by atoms with van der Waals surface area (Å²) in [4.78, 5) is 12.1. The standard InChI is InChI=1S/C16H26N2O/c1-11(2)10-14(13-8-6-5-7-9-13)18-16(19)15(17)12(3)4/h5-9,11-12,14-15H,10,17H2,1-4H3,(H,18,19)/t14?,15-/m0/s1. The first kappa shape index (κ1) is 15.7. The van der Waals surface area contributed by atoms with Crippen molar-refractivity contribution in [2.75, 3.05) is 0 Å². The Hall–Kier alpha value is -1.35. The maximum absolute atomic E-state index is 12.1. The number of benzene rings is 1. The highest BCUT2D eigenvalue weighted by molar-refractivity contribution is 5.82. The molecule has 0 saturated heterocycles. The average Bonchev–Trinajstić information content (AvgIpc) is 2.37. The minimum absolute atomic E-state index is 0.0403. The summed E-state index contributed by atoms with van der Waals surface area (Å²) in [5.74, 6) is 0.598. The molecule has 3 nitrogen and oxygen atoms in total. The Morgan fingerprint density at radius 2 is 1.74 bits per heavy atom. The molecular weight excluding hydrogens is 236 g/mol. The van der Waals surface area contributed by atoms with E-state index in [1.807, 2.05) is 44.2 Å². The van der Waals surface area contributed by atoms with Gasteiger partial charge in [-0.3, -0.25) is 4.79 Å². The molecule has 106 valence electrons. The van der Waals surface area contributed by atoms with Crippen LogP contribution in [0.4, 0.5) is 0 Å². The summed E-state index contributed by atoms with van der Waals surface area (Å²) in [6, 6.07) is 9.67. The van der Waals surface area contributed by atoms with Crippen LogP contribution in [0.1, 0.15) is 45.7 Å². The van der Waals surface area contributed by atoms with Gasteiger partial charge in [-0.25, -0.2) is 0 Å². The third-order valence-corrected chi connectivity index (χ3v) is 3.25. The Morgan fingerprint density at radius 3 is 2.21 bits per heavy atom. The lowest BCUT2D eigenvalue weighted by Crippen LogP contribution is -2.45. The largest absolute Gasteiger partial charge is 0.348 e. The lowest BCUT2D eigenvalue weighted by molar-refractivity contribution is -0.124. The number of hydrogen-bond acceptors (Lipinski definition) is 2. The highest BCUT2D eigenvalue weighted by Gasteiger charge is 2.22. The zero-order valence-electron chi connectivity index (χ0n) is 12.4. The Kier molecular flexibility index (Phi) is 6.03. The third kappa shape index (κ3) is 5.03. The molecule has 0 saturated carbocycles. The molecule has 0 aliphatic rings. The minimum Gasteiger partial charge on any atom is -0.348 e. The number of amides is 1. The van der Waals surface area contributed by atoms with E-state index in [0.29, 0.717) is 5.92 Å². The summed E-state index contributed by atoms with van der Waals surface area (Å²) >= 11 is 0. The molecule has 1 amide bonds. The maximum atomic E-state index is 12.1. The second-order valence-corrected chi connectivity index (χ2v) is 5.87. The van der Waals surface area contributed by atoms with Gasteiger partial charge < -0.3 is 11.1 Å². The highest BCUT2D eigenvalue weighted by Crippen LogP contribution is 2.21. The van der Waals surface area contributed by atoms with E-state index in [-0.39, 0.29) is 17.9 Å². The summed E-state index contributed by atoms with van der Waals surface area (Å²) in [5, 5.41) is 3.08. The van der Waals surface area contributed by atoms with Gasteiger partial charge in [0.1, 0.15) is 0 Å². The summed E-state index contributed by atoms with van der Waals surface area (Å²) in [7, 11) is 0. The topological polar surface area (TPSA) is 55.1 Å². The number of hydrogen-bond donors (Lipinski definition) is 2. The van der Waals surface area contributed by atoms with Gasteiger partial charge in [0.15, 0.2) is 0 Å². The van der Waals surface area contributed by atoms with Crippen LogP contribution in [-0.4, -0.2) is 11.9 Å². The second-order valence-electron chi connectivity index (χ2n) is 5.87. The quantitative estimate of drug-likeness (QED) is 0.828. The normalized spacial score (nSPS) is 14.5. The van der Waals surface area contributed by atoms with E-state index in [2.05, 4.69) is 19.2 Å². The van der Waals surface area contributed by atoms with Crippen molar-refractivity contribution in [1.29, 1.82) is 0 Å². The number of carbonyl (C=O) groups is 1. The fourth-order valence-corrected chi connectivity index (χ4v) is 2.01. The first-order chi connectivity index (χ1) is 8.91. The summed E-state index contributed by atoms with van der Waals surface area (Å²) in [5.41, 5.74) is 7.04. The Morgan fingerprint density at radius 1 is 1.16 bits per heavy atom. The SMILES string of the molecule is CC(C)CC(NC(=O)[C@@H](N)C(C)C)c1ccccc1. The Balaban J connectivity index is 2.79. The fourth-order valence-electron chi connectivity index (χ4n) is 2.01. The molecule has 1 aromatic carbocycles. The molecule has 3 heteroatoms. The van der Waals surface area contributed by atoms with Crippen LogP contribution in [0.15, 0.2) is 30.3 Å². The lowest BCUT2D eigenvalue weighted by atomic mass is 9.96. The van der Waals surface area contributed by atoms with Crippen LogP contribution in [-0.2, 0) is 4.79 Å². The fraction of sp³-hybridized carbons (Fsp3) is 0.562. The number of nitrogens with one attached hydrogen (secondary N) is 1. The van der Waals surface area contributed by atoms with Crippen molar-refractivity contribution in [2.24, 2.45) is 17.6 Å². The zero-order valence-corrected chi connectivity index (χ0v) is 12.4. The van der Waals surface area contributed by atoms with Crippen molar-refractivity contribution < 1.29 is 4.79 Å². The van der Waals surface area contributed by atoms with Crippen LogP contribution < -0.4 is 11.1 Å². The van der Waals surface area contributed by atoms with E-state index in [0.717, 1.165) is 12.0 Å². The smallest absolute Gasteiger partial charge is 0.237 e. The molecule has 2 atom stereocenters. The monoisotopic (exact) mass is 262 g/mol. The van der Waals surface area contributed by atoms with Crippen LogP contribution in [0.3, 0.4) is 0 Å². The molecule has 3 N–H and O–H groups in total. The van der Waals surface area contributed by atoms with Gasteiger partial charge in [0.25, 0.3) is 0 Å². The minimum atomic E-state index is -0.446. The molecule has 0 aromatic heterocycles. The Bertz CT molecular complexity index is 387. The molecule has 0 aliphatic carbocycles. The first-order valence-electron chi connectivity index (χ1n) is 7.02. The molecule has 0 heterocycles. The molecule has 0 fully saturated rings. The van der Waals surface area contributed by atoms with Crippen molar-refractivity contribution in [3.63, 3.8) is 0 Å². The van der Waals surface area contributed by atoms with Crippen molar-refractivity contribution in [3.8, 4) is 0 Å². The van der Waals surface area contributed by atoms with Gasteiger partial charge in [-0.05, 0) is 23.8 Å². The molecule has 1 aromatic rings. The van der Waals surface area contributed by atoms with Gasteiger partial charge in [-0.15, -0.1) is 0 Å². The summed E-state index contributed by atoms with van der Waals surface area (Å²) in [6.45, 7) is 8.24. The molecule has 0 radical (unpaired) electrons. The Labute approximate surface area is 116 Å². The predicted octanol–water partition coefficient (Wildman–Crippen LogP) is 2.87. The van der Waals surface area contributed by atoms with Crippen LogP contribution in [0.5, 0.6) is 0 Å².